The van der Waals surface area contributed by atoms with Gasteiger partial charge in [0.05, 0.1) is 43.5 Å². The van der Waals surface area contributed by atoms with E-state index in [9.17, 15) is 23.1 Å². The van der Waals surface area contributed by atoms with Crippen molar-refractivity contribution in [3.05, 3.63) is 59.7 Å². The second-order valence-corrected chi connectivity index (χ2v) is 10.5. The van der Waals surface area contributed by atoms with E-state index in [4.69, 9.17) is 14.2 Å². The van der Waals surface area contributed by atoms with Crippen LogP contribution in [0.5, 0.6) is 5.75 Å². The van der Waals surface area contributed by atoms with Gasteiger partial charge in [0.2, 0.25) is 0 Å². The Bertz CT molecular complexity index is 1240. The summed E-state index contributed by atoms with van der Waals surface area (Å²) in [5.74, 6) is -4.25. The third-order valence-electron chi connectivity index (χ3n) is 6.34. The smallest absolute Gasteiger partial charge is 0.315 e. The van der Waals surface area contributed by atoms with Crippen LogP contribution in [0.1, 0.15) is 30.4 Å². The van der Waals surface area contributed by atoms with Crippen LogP contribution in [0.15, 0.2) is 58.5 Å². The number of benzene rings is 2. The van der Waals surface area contributed by atoms with Gasteiger partial charge in [-0.05, 0) is 43.7 Å². The minimum Gasteiger partial charge on any atom is -0.497 e. The molecule has 0 aromatic heterocycles. The van der Waals surface area contributed by atoms with Gasteiger partial charge in [-0.1, -0.05) is 29.8 Å². The molecule has 0 amide bonds. The average Bonchev–Trinajstić information content (AvgIpc) is 2.86. The molecule has 4 atom stereocenters. The first kappa shape index (κ1) is 27.2. The molecule has 0 heterocycles. The van der Waals surface area contributed by atoms with E-state index in [1.54, 1.807) is 36.4 Å². The number of carbonyl (C=O) groups is 2. The van der Waals surface area contributed by atoms with Gasteiger partial charge in [0, 0.05) is 12.3 Å². The molecule has 3 rings (SSSR count). The molecule has 4 unspecified atom stereocenters. The lowest BCUT2D eigenvalue weighted by molar-refractivity contribution is -0.160. The van der Waals surface area contributed by atoms with Gasteiger partial charge in [0.1, 0.15) is 11.7 Å². The van der Waals surface area contributed by atoms with Gasteiger partial charge in [-0.2, -0.15) is 13.5 Å². The second-order valence-electron chi connectivity index (χ2n) is 8.85. The van der Waals surface area contributed by atoms with E-state index in [0.29, 0.717) is 11.3 Å². The lowest BCUT2D eigenvalue weighted by Gasteiger charge is -2.44. The highest BCUT2D eigenvalue weighted by Crippen LogP contribution is 2.47. The number of aliphatic hydroxyl groups is 1. The number of hydrogen-bond acceptors (Lipinski definition) is 9. The Balaban J connectivity index is 2.13. The third kappa shape index (κ3) is 5.52. The predicted octanol–water partition coefficient (Wildman–Crippen LogP) is 2.15. The number of aryl methyl sites for hydroxylation is 1. The van der Waals surface area contributed by atoms with Gasteiger partial charge < -0.3 is 19.3 Å². The van der Waals surface area contributed by atoms with Crippen LogP contribution in [0.4, 0.5) is 0 Å². The summed E-state index contributed by atoms with van der Waals surface area (Å²) in [7, 11) is -0.202. The van der Waals surface area contributed by atoms with Crippen LogP contribution in [-0.4, -0.2) is 58.1 Å². The first-order valence-electron chi connectivity index (χ1n) is 11.1. The van der Waals surface area contributed by atoms with Crippen molar-refractivity contribution in [2.75, 3.05) is 21.3 Å². The summed E-state index contributed by atoms with van der Waals surface area (Å²) in [5.41, 5.74) is -0.319. The van der Waals surface area contributed by atoms with Gasteiger partial charge in [0.15, 0.2) is 0 Å². The molecule has 194 valence electrons. The summed E-state index contributed by atoms with van der Waals surface area (Å²) in [5, 5.41) is 15.4. The van der Waals surface area contributed by atoms with Gasteiger partial charge in [-0.25, -0.2) is 4.83 Å². The number of hydrazone groups is 1. The van der Waals surface area contributed by atoms with E-state index in [1.165, 1.54) is 40.4 Å². The molecule has 0 bridgehead atoms. The fourth-order valence-corrected chi connectivity index (χ4v) is 5.36. The predicted molar refractivity (Wildman–Crippen MR) is 131 cm³/mol. The third-order valence-corrected chi connectivity index (χ3v) is 7.56. The van der Waals surface area contributed by atoms with Crippen LogP contribution < -0.4 is 9.57 Å². The summed E-state index contributed by atoms with van der Waals surface area (Å²) in [6.45, 7) is 3.24. The maximum absolute atomic E-state index is 13.0. The number of esters is 2. The molecule has 11 heteroatoms. The first-order chi connectivity index (χ1) is 16.9. The van der Waals surface area contributed by atoms with E-state index >= 15 is 0 Å². The SMILES string of the molecule is COC(=O)C1/C(=N/NS(=O)(=O)c2ccc(C)cc2)CC(C)(O)C(C(=O)OC)C1c1ccc(OC)cc1. The largest absolute Gasteiger partial charge is 0.497 e. The number of carbonyl (C=O) groups excluding carboxylic acids is 2. The van der Waals surface area contributed by atoms with Crippen molar-refractivity contribution in [2.24, 2.45) is 16.9 Å². The van der Waals surface area contributed by atoms with Crippen molar-refractivity contribution in [2.45, 2.75) is 36.7 Å². The van der Waals surface area contributed by atoms with Crippen molar-refractivity contribution >= 4 is 27.7 Å². The molecule has 0 aliphatic heterocycles. The molecule has 1 fully saturated rings. The van der Waals surface area contributed by atoms with E-state index in [2.05, 4.69) is 9.93 Å². The minimum absolute atomic E-state index is 0.0171. The number of nitrogens with zero attached hydrogens (tertiary/aromatic N) is 1. The zero-order valence-corrected chi connectivity index (χ0v) is 21.5. The standard InChI is InChI=1S/C25H30N2O8S/c1-15-6-12-18(13-7-15)36(31,32)27-26-19-14-25(2,30)22(24(29)35-5)20(21(19)23(28)34-4)16-8-10-17(33-3)11-9-16/h6-13,20-22,27,30H,14H2,1-5H3/b26-19+. The lowest BCUT2D eigenvalue weighted by atomic mass is 9.61. The summed E-state index contributed by atoms with van der Waals surface area (Å²) < 4.78 is 40.9. The van der Waals surface area contributed by atoms with Gasteiger partial charge in [0.25, 0.3) is 10.0 Å². The minimum atomic E-state index is -4.07. The average molecular weight is 519 g/mol. The van der Waals surface area contributed by atoms with E-state index < -0.39 is 45.3 Å². The van der Waals surface area contributed by atoms with Gasteiger partial charge in [-0.3, -0.25) is 9.59 Å². The van der Waals surface area contributed by atoms with Crippen LogP contribution in [0, 0.1) is 18.8 Å². The molecule has 0 radical (unpaired) electrons. The number of ether oxygens (including phenoxy) is 3. The zero-order valence-electron chi connectivity index (χ0n) is 20.7. The summed E-state index contributed by atoms with van der Waals surface area (Å²) in [4.78, 5) is 28.1. The molecule has 2 aromatic rings. The van der Waals surface area contributed by atoms with Crippen molar-refractivity contribution in [3.63, 3.8) is 0 Å². The maximum Gasteiger partial charge on any atom is 0.315 e. The number of rotatable bonds is 7. The quantitative estimate of drug-likeness (QED) is 0.420. The molecule has 0 spiro atoms. The Morgan fingerprint density at radius 2 is 1.58 bits per heavy atom. The maximum atomic E-state index is 13.0. The molecule has 36 heavy (non-hydrogen) atoms. The first-order valence-corrected chi connectivity index (χ1v) is 12.6. The van der Waals surface area contributed by atoms with Crippen LogP contribution in [0.2, 0.25) is 0 Å². The van der Waals surface area contributed by atoms with Crippen LogP contribution in [-0.2, 0) is 29.1 Å². The molecule has 0 saturated heterocycles. The number of methoxy groups -OCH3 is 3. The topological polar surface area (TPSA) is 141 Å². The summed E-state index contributed by atoms with van der Waals surface area (Å²) in [6, 6.07) is 12.8. The zero-order chi connectivity index (χ0) is 26.7. The number of sulfonamides is 1. The summed E-state index contributed by atoms with van der Waals surface area (Å²) >= 11 is 0. The van der Waals surface area contributed by atoms with E-state index in [1.807, 2.05) is 6.92 Å². The van der Waals surface area contributed by atoms with Crippen LogP contribution >= 0.6 is 0 Å². The highest BCUT2D eigenvalue weighted by atomic mass is 32.2. The fraction of sp³-hybridized carbons (Fsp3) is 0.400. The molecule has 1 aliphatic carbocycles. The molecule has 10 nitrogen and oxygen atoms in total. The highest BCUT2D eigenvalue weighted by molar-refractivity contribution is 7.89. The molecule has 1 aliphatic rings. The Hall–Kier alpha value is -3.44. The number of hydrogen-bond donors (Lipinski definition) is 2. The van der Waals surface area contributed by atoms with Gasteiger partial charge in [-0.15, -0.1) is 0 Å². The van der Waals surface area contributed by atoms with E-state index in [0.717, 1.165) is 5.56 Å². The molecule has 2 N–H and O–H groups in total. The highest BCUT2D eigenvalue weighted by Gasteiger charge is 2.56. The Kier molecular flexibility index (Phi) is 8.05. The molecule has 2 aromatic carbocycles. The summed E-state index contributed by atoms with van der Waals surface area (Å²) in [6.07, 6.45) is -0.282. The Morgan fingerprint density at radius 3 is 2.11 bits per heavy atom. The Morgan fingerprint density at radius 1 is 1.00 bits per heavy atom. The molecule has 1 saturated carbocycles. The number of nitrogens with one attached hydrogen (secondary N) is 1. The van der Waals surface area contributed by atoms with Crippen molar-refractivity contribution in [1.82, 2.24) is 4.83 Å². The lowest BCUT2D eigenvalue weighted by Crippen LogP contribution is -2.55. The molecular weight excluding hydrogens is 488 g/mol. The van der Waals surface area contributed by atoms with Crippen molar-refractivity contribution < 1.29 is 37.3 Å². The monoisotopic (exact) mass is 518 g/mol. The normalized spacial score (nSPS) is 25.2. The van der Waals surface area contributed by atoms with E-state index in [-0.39, 0.29) is 17.0 Å². The van der Waals surface area contributed by atoms with Crippen LogP contribution in [0.3, 0.4) is 0 Å². The Labute approximate surface area is 210 Å². The van der Waals surface area contributed by atoms with Crippen molar-refractivity contribution in [1.29, 1.82) is 0 Å². The van der Waals surface area contributed by atoms with Gasteiger partial charge >= 0.3 is 11.9 Å². The van der Waals surface area contributed by atoms with Crippen molar-refractivity contribution in [3.8, 4) is 5.75 Å². The molecular formula is C25H30N2O8S. The second kappa shape index (κ2) is 10.7. The fourth-order valence-electron chi connectivity index (χ4n) is 4.52. The van der Waals surface area contributed by atoms with Crippen LogP contribution in [0.25, 0.3) is 0 Å².